The highest BCUT2D eigenvalue weighted by Gasteiger charge is 2.35. The van der Waals surface area contributed by atoms with Crippen LogP contribution in [0.4, 0.5) is 17.1 Å². The maximum Gasteiger partial charge on any atom is 0.0548 e. The van der Waals surface area contributed by atoms with Crippen LogP contribution >= 0.6 is 0 Å². The van der Waals surface area contributed by atoms with E-state index in [-0.39, 0.29) is 5.41 Å². The van der Waals surface area contributed by atoms with Crippen molar-refractivity contribution in [2.75, 3.05) is 4.90 Å². The molecule has 8 aromatic carbocycles. The minimum Gasteiger partial charge on any atom is -0.317 e. The zero-order valence-electron chi connectivity index (χ0n) is 34.6. The van der Waals surface area contributed by atoms with Gasteiger partial charge in [0.1, 0.15) is 0 Å². The number of rotatable bonds is 7. The number of benzene rings is 8. The van der Waals surface area contributed by atoms with Crippen LogP contribution in [0.2, 0.25) is 0 Å². The molecule has 0 atom stereocenters. The molecule has 0 unspecified atom stereocenters. The van der Waals surface area contributed by atoms with Gasteiger partial charge in [-0.05, 0) is 142 Å². The molecule has 3 heterocycles. The average molecular weight is 795 g/mol. The number of hydrogen-bond donors (Lipinski definition) is 0. The molecule has 0 aliphatic heterocycles. The summed E-state index contributed by atoms with van der Waals surface area (Å²) < 4.78 is 4.70. The molecule has 0 amide bonds. The highest BCUT2D eigenvalue weighted by Crippen LogP contribution is 2.51. The Labute approximate surface area is 361 Å². The van der Waals surface area contributed by atoms with Crippen LogP contribution in [0.1, 0.15) is 25.0 Å². The van der Waals surface area contributed by atoms with Gasteiger partial charge in [-0.25, -0.2) is 0 Å². The van der Waals surface area contributed by atoms with Gasteiger partial charge in [0.25, 0.3) is 0 Å². The van der Waals surface area contributed by atoms with Crippen molar-refractivity contribution < 1.29 is 0 Å². The van der Waals surface area contributed by atoms with Gasteiger partial charge in [-0.3, -0.25) is 4.98 Å². The van der Waals surface area contributed by atoms with Crippen LogP contribution in [0.15, 0.2) is 219 Å². The summed E-state index contributed by atoms with van der Waals surface area (Å²) in [5, 5.41) is 3.67. The van der Waals surface area contributed by atoms with Gasteiger partial charge in [0.2, 0.25) is 0 Å². The smallest absolute Gasteiger partial charge is 0.0548 e. The Morgan fingerprint density at radius 1 is 0.435 bits per heavy atom. The third-order valence-electron chi connectivity index (χ3n) is 13.0. The predicted molar refractivity (Wildman–Crippen MR) is 259 cm³/mol. The molecular formula is C58H42N4. The van der Waals surface area contributed by atoms with Crippen molar-refractivity contribution in [1.82, 2.24) is 14.1 Å². The van der Waals surface area contributed by atoms with Crippen molar-refractivity contribution in [2.45, 2.75) is 19.3 Å². The topological polar surface area (TPSA) is 26.0 Å². The normalized spacial score (nSPS) is 12.8. The average Bonchev–Trinajstić information content (AvgIpc) is 3.97. The minimum absolute atomic E-state index is 0.111. The Morgan fingerprint density at radius 3 is 1.79 bits per heavy atom. The molecule has 0 bridgehead atoms. The zero-order valence-corrected chi connectivity index (χ0v) is 34.6. The Balaban J connectivity index is 0.979. The Morgan fingerprint density at radius 2 is 1.06 bits per heavy atom. The Bertz CT molecular complexity index is 3450. The van der Waals surface area contributed by atoms with Gasteiger partial charge >= 0.3 is 0 Å². The van der Waals surface area contributed by atoms with Gasteiger partial charge in [0.05, 0.1) is 16.6 Å². The molecule has 0 radical (unpaired) electrons. The summed E-state index contributed by atoms with van der Waals surface area (Å²) in [5.41, 5.74) is 19.1. The van der Waals surface area contributed by atoms with Gasteiger partial charge in [0.15, 0.2) is 0 Å². The number of nitrogens with zero attached hydrogens (tertiary/aromatic N) is 4. The lowest BCUT2D eigenvalue weighted by molar-refractivity contribution is 0.660. The van der Waals surface area contributed by atoms with E-state index in [2.05, 4.69) is 233 Å². The van der Waals surface area contributed by atoms with Gasteiger partial charge in [-0.15, -0.1) is 0 Å². The van der Waals surface area contributed by atoms with E-state index in [0.717, 1.165) is 39.6 Å². The fourth-order valence-corrected chi connectivity index (χ4v) is 9.91. The molecule has 1 aliphatic rings. The van der Waals surface area contributed by atoms with Crippen LogP contribution in [0.5, 0.6) is 0 Å². The monoisotopic (exact) mass is 794 g/mol. The third kappa shape index (κ3) is 5.72. The maximum atomic E-state index is 4.37. The molecule has 1 aliphatic carbocycles. The van der Waals surface area contributed by atoms with Gasteiger partial charge in [-0.1, -0.05) is 117 Å². The van der Waals surface area contributed by atoms with E-state index < -0.39 is 0 Å². The highest BCUT2D eigenvalue weighted by molar-refractivity contribution is 6.14. The largest absolute Gasteiger partial charge is 0.317 e. The van der Waals surface area contributed by atoms with Crippen molar-refractivity contribution in [3.8, 4) is 44.8 Å². The molecule has 0 N–H and O–H groups in total. The molecule has 12 rings (SSSR count). The van der Waals surface area contributed by atoms with Crippen LogP contribution in [0, 0.1) is 0 Å². The van der Waals surface area contributed by atoms with Crippen molar-refractivity contribution in [1.29, 1.82) is 0 Å². The molecule has 3 aromatic heterocycles. The van der Waals surface area contributed by atoms with Crippen molar-refractivity contribution in [3.05, 3.63) is 230 Å². The molecule has 62 heavy (non-hydrogen) atoms. The van der Waals surface area contributed by atoms with Crippen molar-refractivity contribution in [2.24, 2.45) is 0 Å². The Kier molecular flexibility index (Phi) is 8.16. The van der Waals surface area contributed by atoms with E-state index in [4.69, 9.17) is 0 Å². The van der Waals surface area contributed by atoms with Crippen LogP contribution in [-0.2, 0) is 5.41 Å². The van der Waals surface area contributed by atoms with Crippen molar-refractivity contribution in [3.63, 3.8) is 0 Å². The fourth-order valence-electron chi connectivity index (χ4n) is 9.91. The van der Waals surface area contributed by atoms with E-state index in [1.165, 1.54) is 66.1 Å². The second-order valence-electron chi connectivity index (χ2n) is 16.9. The van der Waals surface area contributed by atoms with Gasteiger partial charge in [-0.2, -0.15) is 0 Å². The third-order valence-corrected chi connectivity index (χ3v) is 13.0. The summed E-state index contributed by atoms with van der Waals surface area (Å²) in [6, 6.07) is 73.1. The SMILES string of the molecule is CC1(C)c2ccccc2-c2ccc(N(c3ccc(-c4cccnc4)cc3)c3ccc(-c4ccc5c(c4)c4cc6c(ccn6-c6ccccc6)cc4n5-c4ccccc4)cc3)cc21. The lowest BCUT2D eigenvalue weighted by atomic mass is 9.82. The van der Waals surface area contributed by atoms with Crippen LogP contribution < -0.4 is 4.90 Å². The van der Waals surface area contributed by atoms with E-state index in [1.54, 1.807) is 0 Å². The fraction of sp³-hybridized carbons (Fsp3) is 0.0517. The first-order valence-corrected chi connectivity index (χ1v) is 21.4. The predicted octanol–water partition coefficient (Wildman–Crippen LogP) is 15.2. The minimum atomic E-state index is -0.111. The first-order chi connectivity index (χ1) is 30.5. The number of hydrogen-bond acceptors (Lipinski definition) is 2. The summed E-state index contributed by atoms with van der Waals surface area (Å²) >= 11 is 0. The summed E-state index contributed by atoms with van der Waals surface area (Å²) in [4.78, 5) is 6.76. The van der Waals surface area contributed by atoms with Crippen LogP contribution in [-0.4, -0.2) is 14.1 Å². The van der Waals surface area contributed by atoms with E-state index in [1.807, 2.05) is 18.5 Å². The number of anilines is 3. The van der Waals surface area contributed by atoms with Crippen LogP contribution in [0.25, 0.3) is 77.5 Å². The zero-order chi connectivity index (χ0) is 41.4. The van der Waals surface area contributed by atoms with Gasteiger partial charge in [0, 0.05) is 68.6 Å². The molecule has 11 aromatic rings. The van der Waals surface area contributed by atoms with E-state index in [9.17, 15) is 0 Å². The number of fused-ring (bicyclic) bond motifs is 7. The standard InChI is InChI=1S/C58H42N4/c1-58(2)53-18-10-9-17-49(53)50-29-28-48(36-54(50)58)61(47-26-21-40(22-27-47)43-12-11-32-59-38-43)46-24-19-39(20-25-46)41-23-30-55-51(34-41)52-37-56-42(31-33-60(56)44-13-5-3-6-14-44)35-57(52)62(55)45-15-7-4-8-16-45/h3-38H,1-2H3. The molecule has 294 valence electrons. The maximum absolute atomic E-state index is 4.37. The quantitative estimate of drug-likeness (QED) is 0.161. The summed E-state index contributed by atoms with van der Waals surface area (Å²) in [7, 11) is 0. The number of para-hydroxylation sites is 2. The van der Waals surface area contributed by atoms with E-state index >= 15 is 0 Å². The van der Waals surface area contributed by atoms with E-state index in [0.29, 0.717) is 0 Å². The lowest BCUT2D eigenvalue weighted by Crippen LogP contribution is -2.16. The molecule has 0 fully saturated rings. The summed E-state index contributed by atoms with van der Waals surface area (Å²) in [6.45, 7) is 4.70. The second kappa shape index (κ2) is 14.1. The molecule has 0 spiro atoms. The number of aromatic nitrogens is 3. The first-order valence-electron chi connectivity index (χ1n) is 21.4. The molecule has 4 heteroatoms. The number of pyridine rings is 1. The first kappa shape index (κ1) is 35.9. The molecule has 0 saturated carbocycles. The lowest BCUT2D eigenvalue weighted by Gasteiger charge is -2.28. The summed E-state index contributed by atoms with van der Waals surface area (Å²) in [6.07, 6.45) is 5.92. The molecule has 4 nitrogen and oxygen atoms in total. The molecule has 0 saturated heterocycles. The van der Waals surface area contributed by atoms with Crippen molar-refractivity contribution >= 4 is 49.8 Å². The summed E-state index contributed by atoms with van der Waals surface area (Å²) in [5.74, 6) is 0. The second-order valence-corrected chi connectivity index (χ2v) is 16.9. The highest BCUT2D eigenvalue weighted by atomic mass is 15.1. The van der Waals surface area contributed by atoms with Crippen LogP contribution in [0.3, 0.4) is 0 Å². The Hall–Kier alpha value is -7.95. The van der Waals surface area contributed by atoms with Gasteiger partial charge < -0.3 is 14.0 Å². The molecular weight excluding hydrogens is 753 g/mol.